The minimum absolute atomic E-state index is 0. The summed E-state index contributed by atoms with van der Waals surface area (Å²) in [4.78, 5) is 11.4. The Balaban J connectivity index is 0.00000225. The lowest BCUT2D eigenvalue weighted by Crippen LogP contribution is -2.45. The van der Waals surface area contributed by atoms with E-state index in [9.17, 15) is 18.0 Å². The first-order chi connectivity index (χ1) is 6.90. The second kappa shape index (κ2) is 6.30. The van der Waals surface area contributed by atoms with E-state index in [1.807, 2.05) is 5.32 Å². The molecule has 7 heteroatoms. The minimum Gasteiger partial charge on any atom is -0.347 e. The average Bonchev–Trinajstić information content (AvgIpc) is 2.14. The SMILES string of the molecule is Cl.N[C@@H]1CCCC[C@@H]1C(=O)NCC(F)(F)F. The molecule has 0 spiro atoms. The third-order valence-corrected chi connectivity index (χ3v) is 2.62. The number of carbonyl (C=O) groups is 1. The van der Waals surface area contributed by atoms with E-state index in [0.29, 0.717) is 12.8 Å². The molecular weight excluding hydrogens is 245 g/mol. The number of nitrogens with one attached hydrogen (secondary N) is 1. The standard InChI is InChI=1S/C9H15F3N2O.ClH/c10-9(11,12)5-14-8(15)6-3-1-2-4-7(6)13;/h6-7H,1-5,13H2,(H,14,15);1H/t6-,7+;/m0./s1. The van der Waals surface area contributed by atoms with Gasteiger partial charge in [-0.15, -0.1) is 12.4 Å². The molecule has 3 nitrogen and oxygen atoms in total. The molecule has 0 saturated heterocycles. The molecule has 0 aromatic carbocycles. The van der Waals surface area contributed by atoms with Crippen molar-refractivity contribution in [1.82, 2.24) is 5.32 Å². The van der Waals surface area contributed by atoms with Gasteiger partial charge in [0.25, 0.3) is 0 Å². The second-order valence-corrected chi connectivity index (χ2v) is 3.89. The van der Waals surface area contributed by atoms with Gasteiger partial charge in [-0.05, 0) is 12.8 Å². The van der Waals surface area contributed by atoms with Gasteiger partial charge in [0, 0.05) is 6.04 Å². The number of hydrogen-bond donors (Lipinski definition) is 2. The molecule has 0 unspecified atom stereocenters. The van der Waals surface area contributed by atoms with E-state index in [1.54, 1.807) is 0 Å². The van der Waals surface area contributed by atoms with Crippen molar-refractivity contribution in [3.8, 4) is 0 Å². The first-order valence-corrected chi connectivity index (χ1v) is 5.00. The van der Waals surface area contributed by atoms with E-state index in [-0.39, 0.29) is 18.4 Å². The first-order valence-electron chi connectivity index (χ1n) is 5.00. The van der Waals surface area contributed by atoms with Crippen LogP contribution in [0.3, 0.4) is 0 Å². The van der Waals surface area contributed by atoms with Crippen LogP contribution in [0, 0.1) is 5.92 Å². The maximum Gasteiger partial charge on any atom is 0.405 e. The largest absolute Gasteiger partial charge is 0.405 e. The summed E-state index contributed by atoms with van der Waals surface area (Å²) in [5, 5.41) is 1.88. The number of amides is 1. The van der Waals surface area contributed by atoms with Crippen molar-refractivity contribution < 1.29 is 18.0 Å². The van der Waals surface area contributed by atoms with Crippen LogP contribution in [0.15, 0.2) is 0 Å². The fourth-order valence-electron chi connectivity index (χ4n) is 1.80. The zero-order valence-corrected chi connectivity index (χ0v) is 9.53. The Morgan fingerprint density at radius 1 is 1.31 bits per heavy atom. The molecule has 0 aromatic rings. The van der Waals surface area contributed by atoms with Crippen LogP contribution >= 0.6 is 12.4 Å². The molecule has 3 N–H and O–H groups in total. The lowest BCUT2D eigenvalue weighted by Gasteiger charge is -2.27. The van der Waals surface area contributed by atoms with Crippen molar-refractivity contribution in [3.05, 3.63) is 0 Å². The zero-order chi connectivity index (χ0) is 11.5. The lowest BCUT2D eigenvalue weighted by atomic mass is 9.84. The van der Waals surface area contributed by atoms with E-state index >= 15 is 0 Å². The topological polar surface area (TPSA) is 55.1 Å². The molecule has 16 heavy (non-hydrogen) atoms. The number of rotatable bonds is 2. The molecule has 0 aromatic heterocycles. The fourth-order valence-corrected chi connectivity index (χ4v) is 1.80. The van der Waals surface area contributed by atoms with Gasteiger partial charge in [-0.2, -0.15) is 13.2 Å². The van der Waals surface area contributed by atoms with Gasteiger partial charge < -0.3 is 11.1 Å². The van der Waals surface area contributed by atoms with Crippen LogP contribution in [0.1, 0.15) is 25.7 Å². The molecule has 1 amide bonds. The van der Waals surface area contributed by atoms with Crippen LogP contribution in [-0.2, 0) is 4.79 Å². The quantitative estimate of drug-likeness (QED) is 0.792. The molecule has 1 saturated carbocycles. The van der Waals surface area contributed by atoms with E-state index in [0.717, 1.165) is 12.8 Å². The maximum atomic E-state index is 11.8. The summed E-state index contributed by atoms with van der Waals surface area (Å²) in [6.45, 7) is -1.27. The van der Waals surface area contributed by atoms with Crippen molar-refractivity contribution in [3.63, 3.8) is 0 Å². The molecule has 0 radical (unpaired) electrons. The predicted molar refractivity (Wildman–Crippen MR) is 56.2 cm³/mol. The molecule has 96 valence electrons. The van der Waals surface area contributed by atoms with Gasteiger partial charge in [-0.25, -0.2) is 0 Å². The summed E-state index contributed by atoms with van der Waals surface area (Å²) in [6, 6.07) is -0.299. The summed E-state index contributed by atoms with van der Waals surface area (Å²) in [5.41, 5.74) is 5.68. The summed E-state index contributed by atoms with van der Waals surface area (Å²) in [7, 11) is 0. The third kappa shape index (κ3) is 5.03. The first kappa shape index (κ1) is 15.5. The van der Waals surface area contributed by atoms with Gasteiger partial charge in [0.05, 0.1) is 5.92 Å². The van der Waals surface area contributed by atoms with Crippen LogP contribution < -0.4 is 11.1 Å². The second-order valence-electron chi connectivity index (χ2n) is 3.89. The van der Waals surface area contributed by atoms with Crippen LogP contribution in [0.4, 0.5) is 13.2 Å². The molecular formula is C9H16ClF3N2O. The highest BCUT2D eigenvalue weighted by atomic mass is 35.5. The molecule has 0 aliphatic heterocycles. The molecule has 1 rings (SSSR count). The number of carbonyl (C=O) groups excluding carboxylic acids is 1. The Morgan fingerprint density at radius 3 is 2.38 bits per heavy atom. The van der Waals surface area contributed by atoms with Crippen molar-refractivity contribution in [2.75, 3.05) is 6.54 Å². The Bertz CT molecular complexity index is 235. The maximum absolute atomic E-state index is 11.8. The van der Waals surface area contributed by atoms with Crippen molar-refractivity contribution >= 4 is 18.3 Å². The highest BCUT2D eigenvalue weighted by molar-refractivity contribution is 5.85. The molecule has 1 fully saturated rings. The molecule has 0 bridgehead atoms. The third-order valence-electron chi connectivity index (χ3n) is 2.62. The van der Waals surface area contributed by atoms with E-state index < -0.39 is 24.5 Å². The van der Waals surface area contributed by atoms with Crippen LogP contribution in [0.5, 0.6) is 0 Å². The van der Waals surface area contributed by atoms with Gasteiger partial charge in [0.2, 0.25) is 5.91 Å². The Hall–Kier alpha value is -0.490. The van der Waals surface area contributed by atoms with Gasteiger partial charge in [0.15, 0.2) is 0 Å². The lowest BCUT2D eigenvalue weighted by molar-refractivity contribution is -0.141. The number of nitrogens with two attached hydrogens (primary N) is 1. The fraction of sp³-hybridized carbons (Fsp3) is 0.889. The number of halogens is 4. The van der Waals surface area contributed by atoms with E-state index in [4.69, 9.17) is 5.73 Å². The normalized spacial score (nSPS) is 25.8. The van der Waals surface area contributed by atoms with Crippen LogP contribution in [0.2, 0.25) is 0 Å². The zero-order valence-electron chi connectivity index (χ0n) is 8.72. The van der Waals surface area contributed by atoms with Gasteiger partial charge in [-0.1, -0.05) is 12.8 Å². The molecule has 1 aliphatic rings. The highest BCUT2D eigenvalue weighted by Crippen LogP contribution is 2.23. The molecule has 1 aliphatic carbocycles. The van der Waals surface area contributed by atoms with Crippen LogP contribution in [0.25, 0.3) is 0 Å². The van der Waals surface area contributed by atoms with Gasteiger partial charge in [0.1, 0.15) is 6.54 Å². The average molecular weight is 261 g/mol. The Kier molecular flexibility index (Phi) is 6.10. The summed E-state index contributed by atoms with van der Waals surface area (Å²) in [5.74, 6) is -1.03. The Morgan fingerprint density at radius 2 is 1.88 bits per heavy atom. The summed E-state index contributed by atoms with van der Waals surface area (Å²) in [6.07, 6.45) is -1.24. The van der Waals surface area contributed by atoms with Crippen molar-refractivity contribution in [1.29, 1.82) is 0 Å². The number of alkyl halides is 3. The predicted octanol–water partition coefficient (Wildman–Crippen LogP) is 1.60. The monoisotopic (exact) mass is 260 g/mol. The van der Waals surface area contributed by atoms with E-state index in [1.165, 1.54) is 0 Å². The summed E-state index contributed by atoms with van der Waals surface area (Å²) >= 11 is 0. The van der Waals surface area contributed by atoms with E-state index in [2.05, 4.69) is 0 Å². The minimum atomic E-state index is -4.35. The molecule has 0 heterocycles. The highest BCUT2D eigenvalue weighted by Gasteiger charge is 2.32. The smallest absolute Gasteiger partial charge is 0.347 e. The van der Waals surface area contributed by atoms with Crippen molar-refractivity contribution in [2.24, 2.45) is 11.7 Å². The molecule has 2 atom stereocenters. The van der Waals surface area contributed by atoms with Gasteiger partial charge in [-0.3, -0.25) is 4.79 Å². The Labute approximate surface area is 98.4 Å². The summed E-state index contributed by atoms with van der Waals surface area (Å²) < 4.78 is 35.5. The van der Waals surface area contributed by atoms with Gasteiger partial charge >= 0.3 is 6.18 Å². The van der Waals surface area contributed by atoms with Crippen LogP contribution in [-0.4, -0.2) is 24.7 Å². The van der Waals surface area contributed by atoms with Crippen molar-refractivity contribution in [2.45, 2.75) is 37.9 Å². The number of hydrogen-bond acceptors (Lipinski definition) is 2.